The number of rotatable bonds is 6. The summed E-state index contributed by atoms with van der Waals surface area (Å²) >= 11 is 5.73. The number of hydrogen-bond donors (Lipinski definition) is 0. The summed E-state index contributed by atoms with van der Waals surface area (Å²) in [6.07, 6.45) is 0.949. The molecule has 2 aromatic rings. The van der Waals surface area contributed by atoms with Gasteiger partial charge in [0.15, 0.2) is 11.5 Å². The van der Waals surface area contributed by atoms with Gasteiger partial charge in [-0.25, -0.2) is 8.42 Å². The van der Waals surface area contributed by atoms with Crippen LogP contribution in [0.1, 0.15) is 5.56 Å². The highest BCUT2D eigenvalue weighted by molar-refractivity contribution is 7.95. The maximum atomic E-state index is 12.7. The maximum absolute atomic E-state index is 12.7. The summed E-state index contributed by atoms with van der Waals surface area (Å²) in [5, 5.41) is 9.62. The van der Waals surface area contributed by atoms with Gasteiger partial charge in [0.05, 0.1) is 12.0 Å². The number of ether oxygens (including phenoxy) is 2. The number of nitrogens with zero attached hydrogens (tertiary/aromatic N) is 1. The van der Waals surface area contributed by atoms with Gasteiger partial charge >= 0.3 is 6.61 Å². The van der Waals surface area contributed by atoms with Crippen LogP contribution in [0.4, 0.5) is 8.78 Å². The molecule has 26 heavy (non-hydrogen) atoms. The molecule has 0 amide bonds. The van der Waals surface area contributed by atoms with E-state index in [1.807, 2.05) is 0 Å². The molecule has 0 spiro atoms. The summed E-state index contributed by atoms with van der Waals surface area (Å²) in [4.78, 5) is -0.805. The van der Waals surface area contributed by atoms with Gasteiger partial charge in [-0.3, -0.25) is 0 Å². The molecule has 0 saturated heterocycles. The van der Waals surface area contributed by atoms with Crippen molar-refractivity contribution in [3.63, 3.8) is 0 Å². The number of allylic oxidation sites excluding steroid dienone is 1. The number of para-hydroxylation sites is 1. The molecule has 0 aliphatic heterocycles. The zero-order valence-electron chi connectivity index (χ0n) is 13.3. The summed E-state index contributed by atoms with van der Waals surface area (Å²) in [5.41, 5.74) is -0.0428. The van der Waals surface area contributed by atoms with Gasteiger partial charge in [0.25, 0.3) is 0 Å². The molecule has 0 atom stereocenters. The standard InChI is InChI=1S/C17H12ClF2NO4S/c1-24-15-4-2-3-11(16(15)25-17(19)20)9-14(10-21)26(22,23)13-7-5-12(18)6-8-13/h2-9,17H,1H3/b14-9+. The van der Waals surface area contributed by atoms with Crippen LogP contribution in [0.2, 0.25) is 5.02 Å². The Morgan fingerprint density at radius 2 is 1.88 bits per heavy atom. The molecule has 136 valence electrons. The highest BCUT2D eigenvalue weighted by atomic mass is 35.5. The number of sulfone groups is 1. The van der Waals surface area contributed by atoms with E-state index in [0.29, 0.717) is 5.02 Å². The van der Waals surface area contributed by atoms with Crippen LogP contribution in [0.25, 0.3) is 6.08 Å². The third-order valence-electron chi connectivity index (χ3n) is 3.25. The van der Waals surface area contributed by atoms with Crippen LogP contribution in [0.5, 0.6) is 11.5 Å². The van der Waals surface area contributed by atoms with Crippen LogP contribution in [0.3, 0.4) is 0 Å². The first-order valence-corrected chi connectivity index (χ1v) is 8.90. The molecule has 0 unspecified atom stereocenters. The topological polar surface area (TPSA) is 76.4 Å². The Labute approximate surface area is 154 Å². The molecule has 0 aliphatic carbocycles. The molecular formula is C17H12ClF2NO4S. The van der Waals surface area contributed by atoms with Gasteiger partial charge in [-0.15, -0.1) is 0 Å². The molecule has 0 radical (unpaired) electrons. The average molecular weight is 400 g/mol. The summed E-state index contributed by atoms with van der Waals surface area (Å²) in [5.74, 6) is -0.399. The number of hydrogen-bond acceptors (Lipinski definition) is 5. The number of alkyl halides is 2. The van der Waals surface area contributed by atoms with Gasteiger partial charge in [-0.1, -0.05) is 23.7 Å². The van der Waals surface area contributed by atoms with E-state index in [2.05, 4.69) is 4.74 Å². The van der Waals surface area contributed by atoms with Crippen LogP contribution in [-0.4, -0.2) is 22.1 Å². The van der Waals surface area contributed by atoms with Gasteiger partial charge < -0.3 is 9.47 Å². The predicted molar refractivity (Wildman–Crippen MR) is 91.9 cm³/mol. The second kappa shape index (κ2) is 8.17. The molecule has 0 aromatic heterocycles. The van der Waals surface area contributed by atoms with E-state index in [-0.39, 0.29) is 22.0 Å². The van der Waals surface area contributed by atoms with E-state index < -0.39 is 21.4 Å². The minimum absolute atomic E-state index is 0.0276. The van der Waals surface area contributed by atoms with Crippen molar-refractivity contribution in [2.75, 3.05) is 7.11 Å². The molecular weight excluding hydrogens is 388 g/mol. The fourth-order valence-electron chi connectivity index (χ4n) is 2.07. The summed E-state index contributed by atoms with van der Waals surface area (Å²) < 4.78 is 60.0. The normalized spacial score (nSPS) is 11.9. The van der Waals surface area contributed by atoms with Crippen molar-refractivity contribution in [2.24, 2.45) is 0 Å². The summed E-state index contributed by atoms with van der Waals surface area (Å²) in [7, 11) is -2.93. The molecule has 0 saturated carbocycles. The molecule has 2 aromatic carbocycles. The van der Waals surface area contributed by atoms with Gasteiger partial charge in [0.1, 0.15) is 11.0 Å². The zero-order valence-corrected chi connectivity index (χ0v) is 14.9. The average Bonchev–Trinajstić information content (AvgIpc) is 2.60. The van der Waals surface area contributed by atoms with Gasteiger partial charge in [-0.05, 0) is 36.4 Å². The number of benzene rings is 2. The van der Waals surface area contributed by atoms with Crippen LogP contribution in [0.15, 0.2) is 52.3 Å². The Morgan fingerprint density at radius 1 is 1.23 bits per heavy atom. The lowest BCUT2D eigenvalue weighted by Crippen LogP contribution is -2.06. The second-order valence-electron chi connectivity index (χ2n) is 4.83. The van der Waals surface area contributed by atoms with Crippen LogP contribution in [0, 0.1) is 11.3 Å². The lowest BCUT2D eigenvalue weighted by Gasteiger charge is -2.12. The third kappa shape index (κ3) is 4.31. The Balaban J connectivity index is 2.59. The van der Waals surface area contributed by atoms with Crippen molar-refractivity contribution in [1.29, 1.82) is 5.26 Å². The van der Waals surface area contributed by atoms with E-state index in [1.165, 1.54) is 49.6 Å². The molecule has 5 nitrogen and oxygen atoms in total. The van der Waals surface area contributed by atoms with E-state index in [4.69, 9.17) is 16.3 Å². The lowest BCUT2D eigenvalue weighted by atomic mass is 10.1. The molecule has 0 bridgehead atoms. The maximum Gasteiger partial charge on any atom is 0.387 e. The van der Waals surface area contributed by atoms with Gasteiger partial charge in [0.2, 0.25) is 9.84 Å². The Morgan fingerprint density at radius 3 is 2.42 bits per heavy atom. The lowest BCUT2D eigenvalue weighted by molar-refractivity contribution is -0.0513. The number of halogens is 3. The third-order valence-corrected chi connectivity index (χ3v) is 5.18. The Kier molecular flexibility index (Phi) is 6.18. The predicted octanol–water partition coefficient (Wildman–Crippen LogP) is 4.29. The second-order valence-corrected chi connectivity index (χ2v) is 7.19. The van der Waals surface area contributed by atoms with Crippen molar-refractivity contribution in [2.45, 2.75) is 11.5 Å². The van der Waals surface area contributed by atoms with Crippen LogP contribution < -0.4 is 9.47 Å². The molecule has 0 fully saturated rings. The molecule has 2 rings (SSSR count). The first-order valence-electron chi connectivity index (χ1n) is 7.04. The van der Waals surface area contributed by atoms with Crippen LogP contribution >= 0.6 is 11.6 Å². The molecule has 0 N–H and O–H groups in total. The first-order chi connectivity index (χ1) is 12.3. The minimum Gasteiger partial charge on any atom is -0.493 e. The van der Waals surface area contributed by atoms with Crippen molar-refractivity contribution < 1.29 is 26.7 Å². The smallest absolute Gasteiger partial charge is 0.387 e. The molecule has 9 heteroatoms. The minimum atomic E-state index is -4.17. The van der Waals surface area contributed by atoms with Crippen molar-refractivity contribution >= 4 is 27.5 Å². The fourth-order valence-corrected chi connectivity index (χ4v) is 3.35. The Bertz CT molecular complexity index is 967. The monoisotopic (exact) mass is 399 g/mol. The van der Waals surface area contributed by atoms with E-state index in [0.717, 1.165) is 6.08 Å². The SMILES string of the molecule is COc1cccc(/C=C(\C#N)S(=O)(=O)c2ccc(Cl)cc2)c1OC(F)F. The first kappa shape index (κ1) is 19.7. The van der Waals surface area contributed by atoms with Crippen LogP contribution in [-0.2, 0) is 9.84 Å². The largest absolute Gasteiger partial charge is 0.493 e. The highest BCUT2D eigenvalue weighted by Crippen LogP contribution is 2.35. The Hall–Kier alpha value is -2.63. The van der Waals surface area contributed by atoms with Crippen molar-refractivity contribution in [1.82, 2.24) is 0 Å². The molecule has 0 heterocycles. The van der Waals surface area contributed by atoms with E-state index >= 15 is 0 Å². The zero-order chi connectivity index (χ0) is 19.3. The van der Waals surface area contributed by atoms with Gasteiger partial charge in [0, 0.05) is 10.6 Å². The summed E-state index contributed by atoms with van der Waals surface area (Å²) in [6.45, 7) is -3.16. The van der Waals surface area contributed by atoms with Crippen molar-refractivity contribution in [3.8, 4) is 17.6 Å². The van der Waals surface area contributed by atoms with E-state index in [9.17, 15) is 22.5 Å². The van der Waals surface area contributed by atoms with E-state index in [1.54, 1.807) is 6.07 Å². The number of methoxy groups -OCH3 is 1. The number of nitriles is 1. The highest BCUT2D eigenvalue weighted by Gasteiger charge is 2.22. The summed E-state index contributed by atoms with van der Waals surface area (Å²) in [6, 6.07) is 10.9. The van der Waals surface area contributed by atoms with Gasteiger partial charge in [-0.2, -0.15) is 14.0 Å². The molecule has 0 aliphatic rings. The quantitative estimate of drug-likeness (QED) is 0.677. The van der Waals surface area contributed by atoms with Crippen molar-refractivity contribution in [3.05, 3.63) is 58.0 Å². The fraction of sp³-hybridized carbons (Fsp3) is 0.118.